The summed E-state index contributed by atoms with van der Waals surface area (Å²) in [6.45, 7) is 0. The van der Waals surface area contributed by atoms with Gasteiger partial charge >= 0.3 is 0 Å². The van der Waals surface area contributed by atoms with Crippen LogP contribution in [0.2, 0.25) is 0 Å². The predicted octanol–water partition coefficient (Wildman–Crippen LogP) is 15.1. The first kappa shape index (κ1) is 31.2. The van der Waals surface area contributed by atoms with Crippen LogP contribution in [0.1, 0.15) is 0 Å². The van der Waals surface area contributed by atoms with Gasteiger partial charge in [-0.05, 0) is 81.1 Å². The fourth-order valence-electron chi connectivity index (χ4n) is 8.27. The molecule has 0 unspecified atom stereocenters. The molecular weight excluding hydrogens is 671 g/mol. The van der Waals surface area contributed by atoms with Gasteiger partial charge in [-0.15, -0.1) is 0 Å². The summed E-state index contributed by atoms with van der Waals surface area (Å²) in [5, 5.41) is 6.89. The van der Waals surface area contributed by atoms with E-state index in [0.29, 0.717) is 0 Å². The van der Waals surface area contributed by atoms with Crippen LogP contribution < -0.4 is 4.90 Å². The third-order valence-corrected chi connectivity index (χ3v) is 10.9. The molecule has 0 bridgehead atoms. The average molecular weight is 704 g/mol. The van der Waals surface area contributed by atoms with Crippen molar-refractivity contribution in [1.29, 1.82) is 0 Å². The molecule has 0 N–H and O–H groups in total. The summed E-state index contributed by atoms with van der Waals surface area (Å²) in [5.74, 6) is 0. The van der Waals surface area contributed by atoms with Gasteiger partial charge in [-0.3, -0.25) is 0 Å². The number of anilines is 3. The van der Waals surface area contributed by atoms with Gasteiger partial charge in [0.2, 0.25) is 0 Å². The van der Waals surface area contributed by atoms with Crippen molar-refractivity contribution in [1.82, 2.24) is 0 Å². The highest BCUT2D eigenvalue weighted by Gasteiger charge is 2.21. The molecule has 0 radical (unpaired) electrons. The van der Waals surface area contributed by atoms with Crippen LogP contribution in [0.4, 0.5) is 17.1 Å². The summed E-state index contributed by atoms with van der Waals surface area (Å²) in [5.41, 5.74) is 13.4. The van der Waals surface area contributed by atoms with E-state index < -0.39 is 0 Å². The lowest BCUT2D eigenvalue weighted by molar-refractivity contribution is 0.669. The molecule has 0 aliphatic rings. The highest BCUT2D eigenvalue weighted by molar-refractivity contribution is 6.23. The molecule has 9 aromatic carbocycles. The molecule has 0 fully saturated rings. The Labute approximate surface area is 317 Å². The smallest absolute Gasteiger partial charge is 0.143 e. The quantitative estimate of drug-likeness (QED) is 0.173. The largest absolute Gasteiger partial charge is 0.456 e. The molecule has 55 heavy (non-hydrogen) atoms. The molecule has 0 amide bonds. The Morgan fingerprint density at radius 2 is 0.909 bits per heavy atom. The molecule has 3 heteroatoms. The number of furan rings is 2. The van der Waals surface area contributed by atoms with Crippen molar-refractivity contribution in [2.75, 3.05) is 4.90 Å². The fraction of sp³-hybridized carbons (Fsp3) is 0. The van der Waals surface area contributed by atoms with Gasteiger partial charge in [0.1, 0.15) is 22.3 Å². The fourth-order valence-corrected chi connectivity index (χ4v) is 8.27. The summed E-state index contributed by atoms with van der Waals surface area (Å²) < 4.78 is 13.2. The van der Waals surface area contributed by atoms with Crippen molar-refractivity contribution in [3.63, 3.8) is 0 Å². The molecule has 11 aromatic rings. The predicted molar refractivity (Wildman–Crippen MR) is 229 cm³/mol. The van der Waals surface area contributed by atoms with E-state index in [2.05, 4.69) is 193 Å². The molecule has 0 aliphatic carbocycles. The summed E-state index contributed by atoms with van der Waals surface area (Å²) in [6.07, 6.45) is 0. The lowest BCUT2D eigenvalue weighted by Crippen LogP contribution is -2.10. The summed E-state index contributed by atoms with van der Waals surface area (Å²) in [7, 11) is 0. The van der Waals surface area contributed by atoms with Crippen LogP contribution in [0.3, 0.4) is 0 Å². The van der Waals surface area contributed by atoms with Gasteiger partial charge in [0.05, 0.1) is 5.69 Å². The Balaban J connectivity index is 1.12. The van der Waals surface area contributed by atoms with Gasteiger partial charge in [-0.1, -0.05) is 152 Å². The number of para-hydroxylation sites is 2. The van der Waals surface area contributed by atoms with Gasteiger partial charge in [0, 0.05) is 44.5 Å². The minimum Gasteiger partial charge on any atom is -0.456 e. The number of hydrogen-bond acceptors (Lipinski definition) is 3. The van der Waals surface area contributed by atoms with E-state index in [-0.39, 0.29) is 0 Å². The number of rotatable bonds is 6. The van der Waals surface area contributed by atoms with Crippen LogP contribution in [-0.4, -0.2) is 0 Å². The van der Waals surface area contributed by atoms with Gasteiger partial charge < -0.3 is 13.7 Å². The second kappa shape index (κ2) is 12.6. The van der Waals surface area contributed by atoms with Crippen molar-refractivity contribution in [2.24, 2.45) is 0 Å². The van der Waals surface area contributed by atoms with Gasteiger partial charge in [0.15, 0.2) is 0 Å². The van der Waals surface area contributed by atoms with Crippen molar-refractivity contribution in [3.05, 3.63) is 200 Å². The van der Waals surface area contributed by atoms with Crippen LogP contribution in [0.15, 0.2) is 209 Å². The first-order valence-corrected chi connectivity index (χ1v) is 18.7. The maximum atomic E-state index is 6.77. The third-order valence-electron chi connectivity index (χ3n) is 10.9. The molecule has 11 rings (SSSR count). The van der Waals surface area contributed by atoms with Crippen molar-refractivity contribution < 1.29 is 8.83 Å². The van der Waals surface area contributed by atoms with Gasteiger partial charge in [0.25, 0.3) is 0 Å². The zero-order valence-corrected chi connectivity index (χ0v) is 29.8. The molecule has 0 aliphatic heterocycles. The lowest BCUT2D eigenvalue weighted by atomic mass is 9.95. The Kier molecular flexibility index (Phi) is 7.17. The molecule has 0 saturated carbocycles. The van der Waals surface area contributed by atoms with E-state index in [1.54, 1.807) is 0 Å². The van der Waals surface area contributed by atoms with E-state index in [1.165, 1.54) is 21.9 Å². The van der Waals surface area contributed by atoms with Crippen molar-refractivity contribution in [3.8, 4) is 33.4 Å². The Morgan fingerprint density at radius 1 is 0.309 bits per heavy atom. The van der Waals surface area contributed by atoms with Crippen molar-refractivity contribution >= 4 is 71.7 Å². The molecule has 0 spiro atoms. The zero-order chi connectivity index (χ0) is 36.3. The lowest BCUT2D eigenvalue weighted by Gasteiger charge is -2.26. The number of fused-ring (bicyclic) bond motifs is 8. The molecule has 0 atom stereocenters. The Hall–Kier alpha value is -7.36. The van der Waals surface area contributed by atoms with Crippen molar-refractivity contribution in [2.45, 2.75) is 0 Å². The summed E-state index contributed by atoms with van der Waals surface area (Å²) in [6, 6.07) is 70.8. The molecule has 2 heterocycles. The highest BCUT2D eigenvalue weighted by Crippen LogP contribution is 2.46. The average Bonchev–Trinajstić information content (AvgIpc) is 3.84. The SMILES string of the molecule is c1ccc(-c2ccc(N(c3ccc(-c4cccc5c4oc4ccccc45)cc3)c3cc(-c4ccccc4)c4c(c3)oc3ccc5ccccc5c34)cc2)cc1. The maximum Gasteiger partial charge on any atom is 0.143 e. The summed E-state index contributed by atoms with van der Waals surface area (Å²) in [4.78, 5) is 2.33. The Bertz CT molecular complexity index is 3180. The standard InChI is InChI=1S/C52H33NO2/c1-3-12-34(13-4-1)35-22-27-39(28-23-35)53(40-29-24-38(25-30-40)43-19-11-20-45-44-18-9-10-21-47(44)55-52(43)45)41-32-46(36-14-5-2-6-15-36)51-49(33-41)54-48-31-26-37-16-7-8-17-42(37)50(48)51/h1-33H. The molecular formula is C52H33NO2. The number of benzene rings is 9. The molecule has 0 saturated heterocycles. The van der Waals surface area contributed by atoms with Crippen LogP contribution in [-0.2, 0) is 0 Å². The van der Waals surface area contributed by atoms with Crippen LogP contribution >= 0.6 is 0 Å². The molecule has 258 valence electrons. The van der Waals surface area contributed by atoms with E-state index >= 15 is 0 Å². The topological polar surface area (TPSA) is 29.5 Å². The van der Waals surface area contributed by atoms with E-state index in [4.69, 9.17) is 8.83 Å². The maximum absolute atomic E-state index is 6.77. The van der Waals surface area contributed by atoms with Crippen LogP contribution in [0.25, 0.3) is 88.0 Å². The van der Waals surface area contributed by atoms with E-state index in [9.17, 15) is 0 Å². The normalized spacial score (nSPS) is 11.6. The van der Waals surface area contributed by atoms with E-state index in [0.717, 1.165) is 83.2 Å². The minimum absolute atomic E-state index is 0.849. The van der Waals surface area contributed by atoms with Gasteiger partial charge in [-0.25, -0.2) is 0 Å². The highest BCUT2D eigenvalue weighted by atomic mass is 16.3. The second-order valence-corrected chi connectivity index (χ2v) is 14.1. The minimum atomic E-state index is 0.849. The Morgan fingerprint density at radius 3 is 1.67 bits per heavy atom. The second-order valence-electron chi connectivity index (χ2n) is 14.1. The first-order valence-electron chi connectivity index (χ1n) is 18.7. The monoisotopic (exact) mass is 703 g/mol. The van der Waals surface area contributed by atoms with Gasteiger partial charge in [-0.2, -0.15) is 0 Å². The number of nitrogens with zero attached hydrogens (tertiary/aromatic N) is 1. The first-order chi connectivity index (χ1) is 27.3. The molecule has 2 aromatic heterocycles. The summed E-state index contributed by atoms with van der Waals surface area (Å²) >= 11 is 0. The molecule has 3 nitrogen and oxygen atoms in total. The van der Waals surface area contributed by atoms with Crippen LogP contribution in [0, 0.1) is 0 Å². The third kappa shape index (κ3) is 5.20. The van der Waals surface area contributed by atoms with Crippen LogP contribution in [0.5, 0.6) is 0 Å². The zero-order valence-electron chi connectivity index (χ0n) is 29.8. The number of hydrogen-bond donors (Lipinski definition) is 0. The van der Waals surface area contributed by atoms with E-state index in [1.807, 2.05) is 12.1 Å².